The van der Waals surface area contributed by atoms with Crippen LogP contribution in [0.2, 0.25) is 0 Å². The van der Waals surface area contributed by atoms with Crippen molar-refractivity contribution >= 4 is 15.7 Å². The van der Waals surface area contributed by atoms with Gasteiger partial charge in [-0.3, -0.25) is 4.72 Å². The number of alkyl halides is 3. The summed E-state index contributed by atoms with van der Waals surface area (Å²) in [6, 6.07) is 7.72. The van der Waals surface area contributed by atoms with E-state index < -0.39 is 27.6 Å². The number of rotatable bonds is 3. The van der Waals surface area contributed by atoms with Gasteiger partial charge < -0.3 is 0 Å². The third kappa shape index (κ3) is 3.72. The van der Waals surface area contributed by atoms with E-state index in [4.69, 9.17) is 0 Å². The van der Waals surface area contributed by atoms with Gasteiger partial charge in [0.25, 0.3) is 10.0 Å². The van der Waals surface area contributed by atoms with E-state index in [1.807, 2.05) is 4.72 Å². The minimum atomic E-state index is -4.57. The predicted molar refractivity (Wildman–Crippen MR) is 68.7 cm³/mol. The van der Waals surface area contributed by atoms with Crippen molar-refractivity contribution in [3.8, 4) is 0 Å². The first-order valence-corrected chi connectivity index (χ1v) is 7.12. The van der Waals surface area contributed by atoms with E-state index >= 15 is 0 Å². The topological polar surface area (TPSA) is 46.2 Å². The molecule has 21 heavy (non-hydrogen) atoms. The highest BCUT2D eigenvalue weighted by molar-refractivity contribution is 7.92. The fraction of sp³-hybridized carbons (Fsp3) is 0.0769. The number of sulfonamides is 1. The Kier molecular flexibility index (Phi) is 3.91. The van der Waals surface area contributed by atoms with Gasteiger partial charge in [0, 0.05) is 5.69 Å². The number of hydrogen-bond acceptors (Lipinski definition) is 2. The fourth-order valence-electron chi connectivity index (χ4n) is 1.59. The highest BCUT2D eigenvalue weighted by Crippen LogP contribution is 2.31. The standard InChI is InChI=1S/C13H9F4NO2S/c14-10-4-6-12(7-5-10)21(19,20)18-11-3-1-2-9(8-11)13(15,16)17/h1-8,18H. The van der Waals surface area contributed by atoms with Gasteiger partial charge in [-0.25, -0.2) is 12.8 Å². The Balaban J connectivity index is 2.31. The summed E-state index contributed by atoms with van der Waals surface area (Å²) in [5.74, 6) is -0.618. The summed E-state index contributed by atoms with van der Waals surface area (Å²) in [5.41, 5.74) is -1.20. The van der Waals surface area contributed by atoms with Crippen LogP contribution in [0.1, 0.15) is 5.56 Å². The van der Waals surface area contributed by atoms with Crippen molar-refractivity contribution in [1.82, 2.24) is 0 Å². The molecule has 0 bridgehead atoms. The van der Waals surface area contributed by atoms with Crippen molar-refractivity contribution in [2.24, 2.45) is 0 Å². The fourth-order valence-corrected chi connectivity index (χ4v) is 2.64. The van der Waals surface area contributed by atoms with Crippen molar-refractivity contribution in [2.45, 2.75) is 11.1 Å². The SMILES string of the molecule is O=S(=O)(Nc1cccc(C(F)(F)F)c1)c1ccc(F)cc1. The van der Waals surface area contributed by atoms with E-state index in [0.717, 1.165) is 36.4 Å². The third-order valence-corrected chi connectivity index (χ3v) is 3.96. The van der Waals surface area contributed by atoms with Crippen LogP contribution in [0.15, 0.2) is 53.4 Å². The zero-order valence-electron chi connectivity index (χ0n) is 10.4. The summed E-state index contributed by atoms with van der Waals surface area (Å²) in [7, 11) is -4.08. The van der Waals surface area contributed by atoms with Crippen LogP contribution >= 0.6 is 0 Å². The first-order valence-electron chi connectivity index (χ1n) is 5.64. The summed E-state index contributed by atoms with van der Waals surface area (Å²) in [5, 5.41) is 0. The second kappa shape index (κ2) is 5.36. The van der Waals surface area contributed by atoms with E-state index in [2.05, 4.69) is 0 Å². The molecule has 1 N–H and O–H groups in total. The highest BCUT2D eigenvalue weighted by atomic mass is 32.2. The molecule has 2 aromatic rings. The summed E-state index contributed by atoms with van der Waals surface area (Å²) in [4.78, 5) is -0.249. The summed E-state index contributed by atoms with van der Waals surface area (Å²) < 4.78 is 76.3. The van der Waals surface area contributed by atoms with E-state index in [1.165, 1.54) is 6.07 Å². The molecule has 2 aromatic carbocycles. The van der Waals surface area contributed by atoms with Crippen molar-refractivity contribution in [3.05, 3.63) is 59.9 Å². The maximum atomic E-state index is 12.7. The van der Waals surface area contributed by atoms with Crippen LogP contribution in [0, 0.1) is 5.82 Å². The van der Waals surface area contributed by atoms with Gasteiger partial charge in [-0.05, 0) is 42.5 Å². The molecule has 0 aliphatic carbocycles. The molecule has 0 saturated carbocycles. The van der Waals surface area contributed by atoms with E-state index in [0.29, 0.717) is 6.07 Å². The molecule has 0 aromatic heterocycles. The molecule has 0 atom stereocenters. The molecular formula is C13H9F4NO2S. The lowest BCUT2D eigenvalue weighted by Crippen LogP contribution is -2.14. The van der Waals surface area contributed by atoms with E-state index in [1.54, 1.807) is 0 Å². The average molecular weight is 319 g/mol. The third-order valence-electron chi connectivity index (χ3n) is 2.57. The van der Waals surface area contributed by atoms with Gasteiger partial charge >= 0.3 is 6.18 Å². The largest absolute Gasteiger partial charge is 0.416 e. The molecule has 8 heteroatoms. The smallest absolute Gasteiger partial charge is 0.280 e. The van der Waals surface area contributed by atoms with Gasteiger partial charge in [-0.1, -0.05) is 6.07 Å². The Morgan fingerprint density at radius 1 is 0.952 bits per heavy atom. The zero-order chi connectivity index (χ0) is 15.7. The van der Waals surface area contributed by atoms with Crippen molar-refractivity contribution in [1.29, 1.82) is 0 Å². The van der Waals surface area contributed by atoms with Gasteiger partial charge in [0.2, 0.25) is 0 Å². The molecule has 0 fully saturated rings. The maximum Gasteiger partial charge on any atom is 0.416 e. The molecule has 0 saturated heterocycles. The second-order valence-electron chi connectivity index (χ2n) is 4.14. The maximum absolute atomic E-state index is 12.7. The molecule has 0 aliphatic heterocycles. The molecule has 0 aliphatic rings. The monoisotopic (exact) mass is 319 g/mol. The Labute approximate surface area is 118 Å². The molecule has 0 unspecified atom stereocenters. The van der Waals surface area contributed by atoms with E-state index in [9.17, 15) is 26.0 Å². The number of anilines is 1. The first-order chi connectivity index (χ1) is 9.68. The van der Waals surface area contributed by atoms with Crippen molar-refractivity contribution in [2.75, 3.05) is 4.72 Å². The van der Waals surface area contributed by atoms with Gasteiger partial charge in [-0.2, -0.15) is 13.2 Å². The minimum Gasteiger partial charge on any atom is -0.280 e. The molecule has 112 valence electrons. The Hall–Kier alpha value is -2.09. The summed E-state index contributed by atoms with van der Waals surface area (Å²) in [6.45, 7) is 0. The minimum absolute atomic E-state index is 0.228. The number of halogens is 4. The van der Waals surface area contributed by atoms with Gasteiger partial charge in [0.05, 0.1) is 10.5 Å². The molecule has 0 radical (unpaired) electrons. The second-order valence-corrected chi connectivity index (χ2v) is 5.82. The quantitative estimate of drug-likeness (QED) is 0.878. The van der Waals surface area contributed by atoms with Crippen LogP contribution in [0.3, 0.4) is 0 Å². The Morgan fingerprint density at radius 3 is 2.14 bits per heavy atom. The lowest BCUT2D eigenvalue weighted by atomic mass is 10.2. The van der Waals surface area contributed by atoms with Crippen LogP contribution in [-0.2, 0) is 16.2 Å². The number of benzene rings is 2. The number of hydrogen-bond donors (Lipinski definition) is 1. The molecular weight excluding hydrogens is 310 g/mol. The molecule has 3 nitrogen and oxygen atoms in total. The summed E-state index contributed by atoms with van der Waals surface area (Å²) >= 11 is 0. The summed E-state index contributed by atoms with van der Waals surface area (Å²) in [6.07, 6.45) is -4.57. The number of nitrogens with one attached hydrogen (secondary N) is 1. The van der Waals surface area contributed by atoms with Gasteiger partial charge in [0.1, 0.15) is 5.82 Å². The van der Waals surface area contributed by atoms with Crippen LogP contribution in [-0.4, -0.2) is 8.42 Å². The van der Waals surface area contributed by atoms with Crippen LogP contribution in [0.5, 0.6) is 0 Å². The highest BCUT2D eigenvalue weighted by Gasteiger charge is 2.30. The van der Waals surface area contributed by atoms with E-state index in [-0.39, 0.29) is 10.6 Å². The van der Waals surface area contributed by atoms with Crippen LogP contribution in [0.4, 0.5) is 23.2 Å². The predicted octanol–water partition coefficient (Wildman–Crippen LogP) is 3.65. The normalized spacial score (nSPS) is 12.2. The molecule has 0 heterocycles. The first kappa shape index (κ1) is 15.3. The molecule has 2 rings (SSSR count). The zero-order valence-corrected chi connectivity index (χ0v) is 11.2. The Morgan fingerprint density at radius 2 is 1.57 bits per heavy atom. The van der Waals surface area contributed by atoms with Gasteiger partial charge in [0.15, 0.2) is 0 Å². The van der Waals surface area contributed by atoms with Crippen LogP contribution < -0.4 is 4.72 Å². The van der Waals surface area contributed by atoms with Crippen LogP contribution in [0.25, 0.3) is 0 Å². The van der Waals surface area contributed by atoms with Gasteiger partial charge in [-0.15, -0.1) is 0 Å². The lowest BCUT2D eigenvalue weighted by Gasteiger charge is -2.11. The van der Waals surface area contributed by atoms with Crippen molar-refractivity contribution < 1.29 is 26.0 Å². The molecule has 0 spiro atoms. The Bertz CT molecular complexity index is 740. The molecule has 0 amide bonds. The lowest BCUT2D eigenvalue weighted by molar-refractivity contribution is -0.137. The average Bonchev–Trinajstić information content (AvgIpc) is 2.38. The van der Waals surface area contributed by atoms with Crippen molar-refractivity contribution in [3.63, 3.8) is 0 Å².